The number of thiazole rings is 1. The summed E-state index contributed by atoms with van der Waals surface area (Å²) < 4.78 is 13.3. The second-order valence-corrected chi connectivity index (χ2v) is 7.85. The van der Waals surface area contributed by atoms with Gasteiger partial charge in [-0.2, -0.15) is 0 Å². The van der Waals surface area contributed by atoms with Crippen LogP contribution in [-0.4, -0.2) is 53.5 Å². The number of pyridine rings is 1. The van der Waals surface area contributed by atoms with Gasteiger partial charge in [-0.1, -0.05) is 0 Å². The van der Waals surface area contributed by atoms with Crippen molar-refractivity contribution in [2.75, 3.05) is 42.9 Å². The number of carbonyl (C=O) groups excluding carboxylic acids is 1. The molecular weight excluding hydrogens is 353 g/mol. The Labute approximate surface area is 156 Å². The standard InChI is InChI=1S/C18H22FN5OS/c19-13-9-14(11-20-10-13)24-7-5-23(6-8-24)12-17(25)22-18-21-15-3-1-2-4-16(15)26-18/h9-11H,1-8,12H2,(H,21,22,25). The summed E-state index contributed by atoms with van der Waals surface area (Å²) in [5, 5.41) is 3.68. The Morgan fingerprint density at radius 1 is 1.19 bits per heavy atom. The number of hydrogen-bond acceptors (Lipinski definition) is 6. The summed E-state index contributed by atoms with van der Waals surface area (Å²) in [5.41, 5.74) is 1.95. The Balaban J connectivity index is 1.27. The highest BCUT2D eigenvalue weighted by atomic mass is 32.1. The van der Waals surface area contributed by atoms with Crippen LogP contribution in [0.2, 0.25) is 0 Å². The molecule has 2 aromatic heterocycles. The van der Waals surface area contributed by atoms with Gasteiger partial charge in [0.2, 0.25) is 5.91 Å². The molecule has 0 radical (unpaired) electrons. The zero-order chi connectivity index (χ0) is 17.9. The molecule has 4 rings (SSSR count). The quantitative estimate of drug-likeness (QED) is 0.889. The molecule has 1 fully saturated rings. The van der Waals surface area contributed by atoms with Crippen LogP contribution in [0, 0.1) is 5.82 Å². The first kappa shape index (κ1) is 17.4. The Hall–Kier alpha value is -2.06. The highest BCUT2D eigenvalue weighted by Crippen LogP contribution is 2.29. The first-order valence-electron chi connectivity index (χ1n) is 9.04. The van der Waals surface area contributed by atoms with Crippen LogP contribution in [0.4, 0.5) is 15.2 Å². The normalized spacial score (nSPS) is 17.8. The van der Waals surface area contributed by atoms with Gasteiger partial charge in [-0.15, -0.1) is 11.3 Å². The lowest BCUT2D eigenvalue weighted by atomic mass is 10.0. The zero-order valence-electron chi connectivity index (χ0n) is 14.6. The lowest BCUT2D eigenvalue weighted by Gasteiger charge is -2.35. The van der Waals surface area contributed by atoms with E-state index in [1.807, 2.05) is 0 Å². The molecule has 0 aromatic carbocycles. The second-order valence-electron chi connectivity index (χ2n) is 6.77. The number of anilines is 2. The molecule has 1 N–H and O–H groups in total. The van der Waals surface area contributed by atoms with Crippen LogP contribution < -0.4 is 10.2 Å². The van der Waals surface area contributed by atoms with Gasteiger partial charge in [-0.25, -0.2) is 9.37 Å². The van der Waals surface area contributed by atoms with Gasteiger partial charge in [0.05, 0.1) is 30.3 Å². The van der Waals surface area contributed by atoms with E-state index in [0.29, 0.717) is 6.54 Å². The number of nitrogens with one attached hydrogen (secondary N) is 1. The molecule has 6 nitrogen and oxygen atoms in total. The summed E-state index contributed by atoms with van der Waals surface area (Å²) in [6.45, 7) is 3.39. The SMILES string of the molecule is O=C(CN1CCN(c2cncc(F)c2)CC1)Nc1nc2c(s1)CCCC2. The third-order valence-electron chi connectivity index (χ3n) is 4.89. The lowest BCUT2D eigenvalue weighted by molar-refractivity contribution is -0.117. The summed E-state index contributed by atoms with van der Waals surface area (Å²) in [6.07, 6.45) is 7.40. The van der Waals surface area contributed by atoms with Gasteiger partial charge in [0.1, 0.15) is 5.82 Å². The Kier molecular flexibility index (Phi) is 5.12. The van der Waals surface area contributed by atoms with Crippen LogP contribution >= 0.6 is 11.3 Å². The van der Waals surface area contributed by atoms with Gasteiger partial charge in [0.25, 0.3) is 0 Å². The fourth-order valence-corrected chi connectivity index (χ4v) is 4.57. The van der Waals surface area contributed by atoms with Crippen molar-refractivity contribution in [2.45, 2.75) is 25.7 Å². The molecule has 138 valence electrons. The van der Waals surface area contributed by atoms with Crippen molar-refractivity contribution < 1.29 is 9.18 Å². The van der Waals surface area contributed by atoms with Crippen molar-refractivity contribution in [3.8, 4) is 0 Å². The summed E-state index contributed by atoms with van der Waals surface area (Å²) in [6, 6.07) is 1.50. The number of carbonyl (C=O) groups is 1. The van der Waals surface area contributed by atoms with Gasteiger partial charge >= 0.3 is 0 Å². The summed E-state index contributed by atoms with van der Waals surface area (Å²) >= 11 is 1.61. The van der Waals surface area contributed by atoms with E-state index in [9.17, 15) is 9.18 Å². The highest BCUT2D eigenvalue weighted by molar-refractivity contribution is 7.15. The number of piperazine rings is 1. The number of halogens is 1. The minimum absolute atomic E-state index is 0.0167. The topological polar surface area (TPSA) is 61.4 Å². The summed E-state index contributed by atoms with van der Waals surface area (Å²) in [4.78, 5) is 26.3. The van der Waals surface area contributed by atoms with E-state index in [2.05, 4.69) is 25.1 Å². The molecule has 26 heavy (non-hydrogen) atoms. The minimum atomic E-state index is -0.324. The molecule has 0 bridgehead atoms. The number of nitrogens with zero attached hydrogens (tertiary/aromatic N) is 4. The Morgan fingerprint density at radius 3 is 2.77 bits per heavy atom. The van der Waals surface area contributed by atoms with Crippen molar-refractivity contribution in [2.24, 2.45) is 0 Å². The van der Waals surface area contributed by atoms with Crippen molar-refractivity contribution in [3.05, 3.63) is 34.8 Å². The molecule has 0 unspecified atom stereocenters. The van der Waals surface area contributed by atoms with E-state index in [0.717, 1.165) is 55.5 Å². The third-order valence-corrected chi connectivity index (χ3v) is 5.96. The number of rotatable bonds is 4. The average molecular weight is 375 g/mol. The number of fused-ring (bicyclic) bond motifs is 1. The van der Waals surface area contributed by atoms with Crippen LogP contribution in [0.3, 0.4) is 0 Å². The first-order chi connectivity index (χ1) is 12.7. The molecule has 1 amide bonds. The van der Waals surface area contributed by atoms with Crippen LogP contribution in [-0.2, 0) is 17.6 Å². The van der Waals surface area contributed by atoms with Crippen molar-refractivity contribution in [1.82, 2.24) is 14.9 Å². The maximum absolute atomic E-state index is 13.3. The van der Waals surface area contributed by atoms with Gasteiger partial charge in [0, 0.05) is 37.1 Å². The monoisotopic (exact) mass is 375 g/mol. The molecule has 0 spiro atoms. The van der Waals surface area contributed by atoms with E-state index < -0.39 is 0 Å². The molecule has 3 heterocycles. The van der Waals surface area contributed by atoms with Crippen molar-refractivity contribution >= 4 is 28.1 Å². The van der Waals surface area contributed by atoms with Gasteiger partial charge in [-0.05, 0) is 25.7 Å². The molecule has 2 aromatic rings. The predicted octanol–water partition coefficient (Wildman–Crippen LogP) is 2.32. The number of hydrogen-bond donors (Lipinski definition) is 1. The largest absolute Gasteiger partial charge is 0.368 e. The van der Waals surface area contributed by atoms with E-state index in [1.54, 1.807) is 17.5 Å². The first-order valence-corrected chi connectivity index (χ1v) is 9.85. The third kappa shape index (κ3) is 4.02. The number of amides is 1. The Morgan fingerprint density at radius 2 is 2.00 bits per heavy atom. The van der Waals surface area contributed by atoms with Gasteiger partial charge in [0.15, 0.2) is 5.13 Å². The van der Waals surface area contributed by atoms with E-state index in [-0.39, 0.29) is 11.7 Å². The molecule has 8 heteroatoms. The van der Waals surface area contributed by atoms with Gasteiger partial charge in [-0.3, -0.25) is 14.7 Å². The smallest absolute Gasteiger partial charge is 0.240 e. The lowest BCUT2D eigenvalue weighted by Crippen LogP contribution is -2.48. The molecule has 2 aliphatic rings. The molecule has 0 atom stereocenters. The maximum Gasteiger partial charge on any atom is 0.240 e. The Bertz CT molecular complexity index is 764. The molecule has 1 aliphatic carbocycles. The molecule has 0 saturated carbocycles. The van der Waals surface area contributed by atoms with E-state index in [4.69, 9.17) is 0 Å². The van der Waals surface area contributed by atoms with Crippen LogP contribution in [0.5, 0.6) is 0 Å². The average Bonchev–Trinajstić information content (AvgIpc) is 3.04. The van der Waals surface area contributed by atoms with Crippen molar-refractivity contribution in [3.63, 3.8) is 0 Å². The molecular formula is C18H22FN5OS. The fraction of sp³-hybridized carbons (Fsp3) is 0.500. The molecule has 1 aliphatic heterocycles. The number of aromatic nitrogens is 2. The van der Waals surface area contributed by atoms with E-state index in [1.165, 1.54) is 30.0 Å². The summed E-state index contributed by atoms with van der Waals surface area (Å²) in [7, 11) is 0. The van der Waals surface area contributed by atoms with Crippen LogP contribution in [0.15, 0.2) is 18.5 Å². The summed E-state index contributed by atoms with van der Waals surface area (Å²) in [5.74, 6) is -0.340. The zero-order valence-corrected chi connectivity index (χ0v) is 15.4. The van der Waals surface area contributed by atoms with E-state index >= 15 is 0 Å². The fourth-order valence-electron chi connectivity index (χ4n) is 3.51. The van der Waals surface area contributed by atoms with Crippen LogP contribution in [0.1, 0.15) is 23.4 Å². The highest BCUT2D eigenvalue weighted by Gasteiger charge is 2.21. The predicted molar refractivity (Wildman–Crippen MR) is 100 cm³/mol. The van der Waals surface area contributed by atoms with Crippen molar-refractivity contribution in [1.29, 1.82) is 0 Å². The number of aryl methyl sites for hydroxylation is 2. The molecule has 1 saturated heterocycles. The minimum Gasteiger partial charge on any atom is -0.368 e. The maximum atomic E-state index is 13.3. The van der Waals surface area contributed by atoms with Gasteiger partial charge < -0.3 is 10.2 Å². The second kappa shape index (κ2) is 7.67. The van der Waals surface area contributed by atoms with Crippen LogP contribution in [0.25, 0.3) is 0 Å².